The molecule has 0 saturated carbocycles. The van der Waals surface area contributed by atoms with Gasteiger partial charge in [0, 0.05) is 18.5 Å². The maximum absolute atomic E-state index is 11.3. The molecule has 0 radical (unpaired) electrons. The number of hydrogen-bond acceptors (Lipinski definition) is 4. The van der Waals surface area contributed by atoms with Crippen molar-refractivity contribution in [2.75, 3.05) is 18.0 Å². The molecule has 1 aliphatic heterocycles. The fourth-order valence-corrected chi connectivity index (χ4v) is 3.32. The van der Waals surface area contributed by atoms with Crippen molar-refractivity contribution in [1.82, 2.24) is 4.98 Å². The Morgan fingerprint density at radius 1 is 1.81 bits per heavy atom. The smallest absolute Gasteiger partial charge is 0.311 e. The van der Waals surface area contributed by atoms with E-state index in [1.54, 1.807) is 11.3 Å². The monoisotopic (exact) mass is 304 g/mol. The summed E-state index contributed by atoms with van der Waals surface area (Å²) in [5.41, 5.74) is -0.585. The molecule has 0 aromatic carbocycles. The van der Waals surface area contributed by atoms with Crippen LogP contribution in [0.3, 0.4) is 0 Å². The zero-order valence-corrected chi connectivity index (χ0v) is 11.3. The van der Waals surface area contributed by atoms with Gasteiger partial charge in [0.2, 0.25) is 0 Å². The molecule has 88 valence electrons. The van der Waals surface area contributed by atoms with Gasteiger partial charge in [-0.3, -0.25) is 4.79 Å². The van der Waals surface area contributed by atoms with Crippen molar-refractivity contribution in [3.8, 4) is 0 Å². The topological polar surface area (TPSA) is 53.4 Å². The minimum atomic E-state index is -0.687. The van der Waals surface area contributed by atoms with E-state index in [1.165, 1.54) is 0 Å². The molecule has 2 heterocycles. The minimum Gasteiger partial charge on any atom is -0.481 e. The summed E-state index contributed by atoms with van der Waals surface area (Å²) < 4.78 is 0.817. The molecule has 1 aromatic heterocycles. The number of rotatable bonds is 3. The van der Waals surface area contributed by atoms with Crippen molar-refractivity contribution < 1.29 is 9.90 Å². The predicted octanol–water partition coefficient (Wildman–Crippen LogP) is 2.60. The molecule has 0 spiro atoms. The molecule has 1 saturated heterocycles. The first kappa shape index (κ1) is 11.9. The number of aromatic nitrogens is 1. The van der Waals surface area contributed by atoms with Crippen molar-refractivity contribution >= 4 is 38.4 Å². The number of anilines is 1. The van der Waals surface area contributed by atoms with E-state index in [2.05, 4.69) is 25.8 Å². The molecule has 1 atom stereocenters. The van der Waals surface area contributed by atoms with Gasteiger partial charge in [-0.05, 0) is 28.8 Å². The molecule has 0 bridgehead atoms. The zero-order chi connectivity index (χ0) is 11.8. The first-order chi connectivity index (χ1) is 7.57. The lowest BCUT2D eigenvalue weighted by Gasteiger charge is -2.22. The number of nitrogens with zero attached hydrogens (tertiary/aromatic N) is 2. The average molecular weight is 305 g/mol. The molecule has 1 aromatic rings. The molecule has 0 amide bonds. The number of carboxylic acids is 1. The third-order valence-electron chi connectivity index (χ3n) is 3.22. The van der Waals surface area contributed by atoms with Crippen LogP contribution in [0, 0.1) is 5.41 Å². The Hall–Kier alpha value is -0.620. The number of carboxylic acid groups (broad SMARTS) is 1. The summed E-state index contributed by atoms with van der Waals surface area (Å²) in [6, 6.07) is 0. The van der Waals surface area contributed by atoms with Crippen LogP contribution < -0.4 is 4.90 Å². The normalized spacial score (nSPS) is 25.0. The van der Waals surface area contributed by atoms with E-state index in [1.807, 2.05) is 12.3 Å². The van der Waals surface area contributed by atoms with E-state index >= 15 is 0 Å². The van der Waals surface area contributed by atoms with Gasteiger partial charge < -0.3 is 10.0 Å². The second kappa shape index (κ2) is 4.33. The Morgan fingerprint density at radius 2 is 2.56 bits per heavy atom. The van der Waals surface area contributed by atoms with Crippen LogP contribution in [-0.2, 0) is 4.79 Å². The first-order valence-corrected chi connectivity index (χ1v) is 6.84. The van der Waals surface area contributed by atoms with Crippen LogP contribution in [0.1, 0.15) is 19.8 Å². The number of aliphatic carboxylic acids is 1. The lowest BCUT2D eigenvalue weighted by atomic mass is 9.84. The molecule has 1 N–H and O–H groups in total. The minimum absolute atomic E-state index is 0.568. The van der Waals surface area contributed by atoms with Crippen molar-refractivity contribution in [3.05, 3.63) is 9.98 Å². The highest BCUT2D eigenvalue weighted by Crippen LogP contribution is 2.37. The summed E-state index contributed by atoms with van der Waals surface area (Å²) in [5, 5.41) is 12.1. The highest BCUT2D eigenvalue weighted by Gasteiger charge is 2.43. The van der Waals surface area contributed by atoms with Crippen LogP contribution in [0.15, 0.2) is 9.98 Å². The summed E-state index contributed by atoms with van der Waals surface area (Å²) in [6.07, 6.45) is 1.38. The standard InChI is InChI=1S/C10H13BrN2O2S/c1-2-10(8(14)15)3-4-13(6-10)9-12-7(11)5-16-9/h5H,2-4,6H2,1H3,(H,14,15). The summed E-state index contributed by atoms with van der Waals surface area (Å²) in [4.78, 5) is 17.7. The molecule has 0 aliphatic carbocycles. The van der Waals surface area contributed by atoms with Gasteiger partial charge in [0.05, 0.1) is 5.41 Å². The second-order valence-corrected chi connectivity index (χ2v) is 5.71. The Morgan fingerprint density at radius 3 is 3.00 bits per heavy atom. The van der Waals surface area contributed by atoms with Gasteiger partial charge in [0.15, 0.2) is 5.13 Å². The first-order valence-electron chi connectivity index (χ1n) is 5.17. The van der Waals surface area contributed by atoms with E-state index in [-0.39, 0.29) is 0 Å². The van der Waals surface area contributed by atoms with Crippen molar-refractivity contribution in [2.24, 2.45) is 5.41 Å². The third-order valence-corrected chi connectivity index (χ3v) is 4.83. The average Bonchev–Trinajstić information content (AvgIpc) is 2.84. The van der Waals surface area contributed by atoms with E-state index < -0.39 is 11.4 Å². The van der Waals surface area contributed by atoms with Crippen LogP contribution in [0.25, 0.3) is 0 Å². The van der Waals surface area contributed by atoms with E-state index in [4.69, 9.17) is 0 Å². The molecular weight excluding hydrogens is 292 g/mol. The fourth-order valence-electron chi connectivity index (χ4n) is 2.04. The summed E-state index contributed by atoms with van der Waals surface area (Å²) >= 11 is 4.85. The molecular formula is C10H13BrN2O2S. The van der Waals surface area contributed by atoms with Gasteiger partial charge in [-0.25, -0.2) is 4.98 Å². The summed E-state index contributed by atoms with van der Waals surface area (Å²) in [5.74, 6) is -0.687. The van der Waals surface area contributed by atoms with Gasteiger partial charge in [-0.15, -0.1) is 11.3 Å². The lowest BCUT2D eigenvalue weighted by Crippen LogP contribution is -2.34. The van der Waals surface area contributed by atoms with Crippen molar-refractivity contribution in [1.29, 1.82) is 0 Å². The van der Waals surface area contributed by atoms with Gasteiger partial charge in [0.1, 0.15) is 4.60 Å². The molecule has 1 unspecified atom stereocenters. The summed E-state index contributed by atoms with van der Waals surface area (Å²) in [6.45, 7) is 3.29. The van der Waals surface area contributed by atoms with Crippen molar-refractivity contribution in [3.63, 3.8) is 0 Å². The van der Waals surface area contributed by atoms with Crippen LogP contribution in [-0.4, -0.2) is 29.1 Å². The lowest BCUT2D eigenvalue weighted by molar-refractivity contribution is -0.147. The van der Waals surface area contributed by atoms with E-state index in [0.717, 1.165) is 16.3 Å². The quantitative estimate of drug-likeness (QED) is 0.932. The molecule has 4 nitrogen and oxygen atoms in total. The van der Waals surface area contributed by atoms with Gasteiger partial charge in [-0.1, -0.05) is 6.92 Å². The third kappa shape index (κ3) is 1.96. The van der Waals surface area contributed by atoms with Crippen molar-refractivity contribution in [2.45, 2.75) is 19.8 Å². The van der Waals surface area contributed by atoms with E-state index in [9.17, 15) is 9.90 Å². The largest absolute Gasteiger partial charge is 0.481 e. The van der Waals surface area contributed by atoms with E-state index in [0.29, 0.717) is 19.4 Å². The number of hydrogen-bond donors (Lipinski definition) is 1. The molecule has 1 fully saturated rings. The highest BCUT2D eigenvalue weighted by atomic mass is 79.9. The number of thiazole rings is 1. The Kier molecular flexibility index (Phi) is 3.21. The Bertz CT molecular complexity index is 409. The molecule has 1 aliphatic rings. The van der Waals surface area contributed by atoms with Crippen LogP contribution in [0.5, 0.6) is 0 Å². The fraction of sp³-hybridized carbons (Fsp3) is 0.600. The number of halogens is 1. The molecule has 16 heavy (non-hydrogen) atoms. The highest BCUT2D eigenvalue weighted by molar-refractivity contribution is 9.10. The molecule has 2 rings (SSSR count). The zero-order valence-electron chi connectivity index (χ0n) is 8.94. The maximum Gasteiger partial charge on any atom is 0.311 e. The SMILES string of the molecule is CCC1(C(=O)O)CCN(c2nc(Br)cs2)C1. The second-order valence-electron chi connectivity index (χ2n) is 4.06. The van der Waals surface area contributed by atoms with Gasteiger partial charge >= 0.3 is 5.97 Å². The van der Waals surface area contributed by atoms with Crippen LogP contribution in [0.4, 0.5) is 5.13 Å². The van der Waals surface area contributed by atoms with Crippen LogP contribution in [0.2, 0.25) is 0 Å². The Balaban J connectivity index is 2.16. The maximum atomic E-state index is 11.3. The van der Waals surface area contributed by atoms with Gasteiger partial charge in [0.25, 0.3) is 0 Å². The van der Waals surface area contributed by atoms with Gasteiger partial charge in [-0.2, -0.15) is 0 Å². The predicted molar refractivity (Wildman–Crippen MR) is 67.0 cm³/mol. The number of carbonyl (C=O) groups is 1. The van der Waals surface area contributed by atoms with Crippen LogP contribution >= 0.6 is 27.3 Å². The Labute approximate surface area is 106 Å². The summed E-state index contributed by atoms with van der Waals surface area (Å²) in [7, 11) is 0. The molecule has 6 heteroatoms.